The maximum Gasteiger partial charge on any atom is 0.228 e. The van der Waals surface area contributed by atoms with Crippen molar-refractivity contribution in [3.05, 3.63) is 34.9 Å². The van der Waals surface area contributed by atoms with Gasteiger partial charge in [0.1, 0.15) is 0 Å². The second-order valence-electron chi connectivity index (χ2n) is 7.38. The van der Waals surface area contributed by atoms with E-state index in [1.807, 2.05) is 32.0 Å². The van der Waals surface area contributed by atoms with Gasteiger partial charge in [0.2, 0.25) is 11.8 Å². The molecule has 0 aromatic heterocycles. The molecule has 0 aliphatic carbocycles. The van der Waals surface area contributed by atoms with Gasteiger partial charge in [-0.1, -0.05) is 37.6 Å². The van der Waals surface area contributed by atoms with Crippen LogP contribution >= 0.6 is 11.6 Å². The Balaban J connectivity index is 2.26. The number of carbonyl (C=O) groups is 2. The number of nitrogens with zero attached hydrogens (tertiary/aromatic N) is 2. The lowest BCUT2D eigenvalue weighted by Gasteiger charge is -2.32. The average Bonchev–Trinajstić information content (AvgIpc) is 2.81. The van der Waals surface area contributed by atoms with Gasteiger partial charge in [0.05, 0.1) is 12.0 Å². The van der Waals surface area contributed by atoms with Gasteiger partial charge in [-0.15, -0.1) is 0 Å². The quantitative estimate of drug-likeness (QED) is 0.885. The predicted molar refractivity (Wildman–Crippen MR) is 95.5 cm³/mol. The Morgan fingerprint density at radius 2 is 2.12 bits per heavy atom. The summed E-state index contributed by atoms with van der Waals surface area (Å²) in [6, 6.07) is 7.08. The van der Waals surface area contributed by atoms with E-state index in [1.165, 1.54) is 0 Å². The Kier molecular flexibility index (Phi) is 5.56. The molecule has 0 radical (unpaired) electrons. The van der Waals surface area contributed by atoms with Crippen molar-refractivity contribution in [3.8, 4) is 0 Å². The third-order valence-corrected chi connectivity index (χ3v) is 4.92. The average molecular weight is 352 g/mol. The molecular formula is C18H26ClN3O2. The molecule has 2 rings (SSSR count). The number of benzene rings is 1. The number of rotatable bonds is 5. The lowest BCUT2D eigenvalue weighted by molar-refractivity contribution is -0.136. The minimum Gasteiger partial charge on any atom is -0.345 e. The topological polar surface area (TPSA) is 66.6 Å². The van der Waals surface area contributed by atoms with Crippen LogP contribution in [0.3, 0.4) is 0 Å². The summed E-state index contributed by atoms with van der Waals surface area (Å²) < 4.78 is 0. The van der Waals surface area contributed by atoms with Gasteiger partial charge in [0.25, 0.3) is 0 Å². The molecule has 1 aromatic rings. The molecule has 1 aliphatic heterocycles. The fourth-order valence-corrected chi connectivity index (χ4v) is 3.50. The van der Waals surface area contributed by atoms with E-state index in [4.69, 9.17) is 17.3 Å². The monoisotopic (exact) mass is 351 g/mol. The first kappa shape index (κ1) is 18.7. The summed E-state index contributed by atoms with van der Waals surface area (Å²) in [7, 11) is 3.52. The van der Waals surface area contributed by atoms with Crippen LogP contribution in [0.4, 0.5) is 0 Å². The van der Waals surface area contributed by atoms with Crippen molar-refractivity contribution in [1.29, 1.82) is 0 Å². The van der Waals surface area contributed by atoms with E-state index >= 15 is 0 Å². The van der Waals surface area contributed by atoms with Crippen LogP contribution in [-0.2, 0) is 9.59 Å². The molecule has 0 saturated carbocycles. The molecule has 1 aromatic carbocycles. The summed E-state index contributed by atoms with van der Waals surface area (Å²) in [4.78, 5) is 28.5. The molecule has 1 fully saturated rings. The van der Waals surface area contributed by atoms with E-state index in [2.05, 4.69) is 0 Å². The second kappa shape index (κ2) is 7.11. The highest BCUT2D eigenvalue weighted by Crippen LogP contribution is 2.38. The molecule has 1 aliphatic rings. The van der Waals surface area contributed by atoms with Crippen molar-refractivity contribution >= 4 is 23.4 Å². The molecule has 6 heteroatoms. The van der Waals surface area contributed by atoms with E-state index in [9.17, 15) is 9.59 Å². The Morgan fingerprint density at radius 3 is 2.71 bits per heavy atom. The smallest absolute Gasteiger partial charge is 0.228 e. The number of nitrogens with two attached hydrogens (primary N) is 1. The Morgan fingerprint density at radius 1 is 1.46 bits per heavy atom. The molecule has 5 nitrogen and oxygen atoms in total. The van der Waals surface area contributed by atoms with Crippen LogP contribution in [0, 0.1) is 11.3 Å². The van der Waals surface area contributed by atoms with Gasteiger partial charge < -0.3 is 15.5 Å². The summed E-state index contributed by atoms with van der Waals surface area (Å²) in [5.41, 5.74) is 6.50. The number of carbonyl (C=O) groups excluding carboxylic acids is 2. The number of halogens is 1. The van der Waals surface area contributed by atoms with Crippen molar-refractivity contribution in [2.75, 3.05) is 27.2 Å². The van der Waals surface area contributed by atoms with Crippen molar-refractivity contribution in [2.24, 2.45) is 17.1 Å². The van der Waals surface area contributed by atoms with Gasteiger partial charge in [-0.2, -0.15) is 0 Å². The Bertz CT molecular complexity index is 632. The first-order chi connectivity index (χ1) is 11.2. The van der Waals surface area contributed by atoms with Crippen LogP contribution < -0.4 is 5.73 Å². The zero-order chi connectivity index (χ0) is 18.1. The van der Waals surface area contributed by atoms with Gasteiger partial charge in [-0.05, 0) is 29.7 Å². The normalized spacial score (nSPS) is 21.2. The fraction of sp³-hybridized carbons (Fsp3) is 0.556. The van der Waals surface area contributed by atoms with Crippen molar-refractivity contribution in [2.45, 2.75) is 26.3 Å². The minimum absolute atomic E-state index is 0.0233. The molecule has 0 bridgehead atoms. The van der Waals surface area contributed by atoms with Gasteiger partial charge in [-0.3, -0.25) is 9.59 Å². The van der Waals surface area contributed by atoms with Gasteiger partial charge >= 0.3 is 0 Å². The van der Waals surface area contributed by atoms with E-state index in [0.29, 0.717) is 18.1 Å². The first-order valence-corrected chi connectivity index (χ1v) is 8.50. The highest BCUT2D eigenvalue weighted by molar-refractivity contribution is 6.30. The molecule has 1 saturated heterocycles. The zero-order valence-electron chi connectivity index (χ0n) is 14.8. The summed E-state index contributed by atoms with van der Waals surface area (Å²) >= 11 is 6.09. The van der Waals surface area contributed by atoms with Gasteiger partial charge in [0, 0.05) is 32.1 Å². The maximum absolute atomic E-state index is 13.0. The van der Waals surface area contributed by atoms with Crippen molar-refractivity contribution < 1.29 is 9.59 Å². The molecule has 0 spiro atoms. The highest BCUT2D eigenvalue weighted by atomic mass is 35.5. The second-order valence-corrected chi connectivity index (χ2v) is 7.81. The summed E-state index contributed by atoms with van der Waals surface area (Å²) in [6.07, 6.45) is 0.222. The van der Waals surface area contributed by atoms with E-state index in [0.717, 1.165) is 5.56 Å². The molecule has 2 atom stereocenters. The van der Waals surface area contributed by atoms with E-state index in [-0.39, 0.29) is 29.7 Å². The number of hydrogen-bond acceptors (Lipinski definition) is 3. The third kappa shape index (κ3) is 3.90. The molecule has 1 heterocycles. The molecule has 132 valence electrons. The third-order valence-electron chi connectivity index (χ3n) is 4.69. The first-order valence-electron chi connectivity index (χ1n) is 8.12. The summed E-state index contributed by atoms with van der Waals surface area (Å²) in [5.74, 6) is -0.455. The summed E-state index contributed by atoms with van der Waals surface area (Å²) in [5, 5.41) is 0.601. The van der Waals surface area contributed by atoms with Crippen LogP contribution in [0.15, 0.2) is 24.3 Å². The van der Waals surface area contributed by atoms with Crippen LogP contribution in [0.1, 0.15) is 31.9 Å². The summed E-state index contributed by atoms with van der Waals surface area (Å²) in [6.45, 7) is 5.10. The minimum atomic E-state index is -0.403. The SMILES string of the molecule is CN(CC(C)(C)CN)C(=O)C1CC(=O)N(C)C1c1cccc(Cl)c1. The van der Waals surface area contributed by atoms with Crippen molar-refractivity contribution in [1.82, 2.24) is 9.80 Å². The van der Waals surface area contributed by atoms with Crippen LogP contribution in [0.2, 0.25) is 5.02 Å². The number of likely N-dealkylation sites (tertiary alicyclic amines) is 1. The van der Waals surface area contributed by atoms with Crippen LogP contribution in [0.5, 0.6) is 0 Å². The lowest BCUT2D eigenvalue weighted by atomic mass is 9.90. The highest BCUT2D eigenvalue weighted by Gasteiger charge is 2.44. The zero-order valence-corrected chi connectivity index (χ0v) is 15.5. The predicted octanol–water partition coefficient (Wildman–Crippen LogP) is 2.30. The number of amides is 2. The van der Waals surface area contributed by atoms with E-state index in [1.54, 1.807) is 30.0 Å². The van der Waals surface area contributed by atoms with E-state index < -0.39 is 5.92 Å². The molecule has 2 N–H and O–H groups in total. The number of hydrogen-bond donors (Lipinski definition) is 1. The largest absolute Gasteiger partial charge is 0.345 e. The maximum atomic E-state index is 13.0. The van der Waals surface area contributed by atoms with Gasteiger partial charge in [-0.25, -0.2) is 0 Å². The standard InChI is InChI=1S/C18H26ClN3O2/c1-18(2,10-20)11-21(3)17(24)14-9-15(23)22(4)16(14)12-6-5-7-13(19)8-12/h5-8,14,16H,9-11,20H2,1-4H3. The van der Waals surface area contributed by atoms with Crippen LogP contribution in [-0.4, -0.2) is 48.8 Å². The molecule has 2 amide bonds. The Hall–Kier alpha value is -1.59. The molecular weight excluding hydrogens is 326 g/mol. The fourth-order valence-electron chi connectivity index (χ4n) is 3.31. The van der Waals surface area contributed by atoms with Gasteiger partial charge in [0.15, 0.2) is 0 Å². The molecule has 24 heavy (non-hydrogen) atoms. The van der Waals surface area contributed by atoms with Crippen molar-refractivity contribution in [3.63, 3.8) is 0 Å². The lowest BCUT2D eigenvalue weighted by Crippen LogP contribution is -2.43. The molecule has 2 unspecified atom stereocenters. The Labute approximate surface area is 148 Å². The van der Waals surface area contributed by atoms with Crippen LogP contribution in [0.25, 0.3) is 0 Å².